The largest absolute Gasteiger partial charge is 0.381 e. The van der Waals surface area contributed by atoms with Gasteiger partial charge in [0.15, 0.2) is 17.3 Å². The van der Waals surface area contributed by atoms with Crippen LogP contribution < -0.4 is 10.8 Å². The average Bonchev–Trinajstić information content (AvgIpc) is 2.77. The molecule has 0 aliphatic rings. The van der Waals surface area contributed by atoms with Crippen LogP contribution in [0.3, 0.4) is 0 Å². The second kappa shape index (κ2) is 4.96. The minimum absolute atomic E-state index is 0.0604. The highest BCUT2D eigenvalue weighted by Gasteiger charge is 2.18. The first-order valence-electron chi connectivity index (χ1n) is 4.61. The highest BCUT2D eigenvalue weighted by molar-refractivity contribution is 9.10. The first kappa shape index (κ1) is 12.9. The molecule has 6 nitrogen and oxygen atoms in total. The zero-order chi connectivity index (χ0) is 13.3. The van der Waals surface area contributed by atoms with E-state index in [9.17, 15) is 9.60 Å². The Kier molecular flexibility index (Phi) is 3.55. The number of nitrogens with two attached hydrogens (primary N) is 1. The number of halogens is 2. The smallest absolute Gasteiger partial charge is 0.181 e. The van der Waals surface area contributed by atoms with E-state index in [0.717, 1.165) is 11.7 Å². The maximum Gasteiger partial charge on any atom is 0.181 e. The van der Waals surface area contributed by atoms with Gasteiger partial charge in [0.25, 0.3) is 0 Å². The van der Waals surface area contributed by atoms with Gasteiger partial charge in [-0.05, 0) is 34.1 Å². The summed E-state index contributed by atoms with van der Waals surface area (Å²) in [6, 6.07) is 3.82. The summed E-state index contributed by atoms with van der Waals surface area (Å²) in [7, 11) is 0. The number of hydrogen-bond donors (Lipinski definition) is 3. The number of aromatic nitrogens is 2. The van der Waals surface area contributed by atoms with Gasteiger partial charge >= 0.3 is 0 Å². The monoisotopic (exact) mass is 331 g/mol. The molecule has 1 aromatic heterocycles. The Balaban J connectivity index is 2.31. The highest BCUT2D eigenvalue weighted by atomic mass is 79.9. The Labute approximate surface area is 114 Å². The van der Waals surface area contributed by atoms with Gasteiger partial charge in [-0.2, -0.15) is 8.75 Å². The lowest BCUT2D eigenvalue weighted by Gasteiger charge is -2.16. The number of rotatable bonds is 2. The molecule has 0 atom stereocenters. The topological polar surface area (TPSA) is 99.1 Å². The third-order valence-electron chi connectivity index (χ3n) is 2.10. The molecule has 0 aliphatic carbocycles. The zero-order valence-electron chi connectivity index (χ0n) is 8.76. The lowest BCUT2D eigenvalue weighted by atomic mass is 10.3. The van der Waals surface area contributed by atoms with Gasteiger partial charge in [-0.1, -0.05) is 0 Å². The predicted octanol–water partition coefficient (Wildman–Crippen LogP) is 2.24. The predicted molar refractivity (Wildman–Crippen MR) is 69.5 cm³/mol. The summed E-state index contributed by atoms with van der Waals surface area (Å²) < 4.78 is 20.7. The van der Waals surface area contributed by atoms with E-state index in [1.54, 1.807) is 0 Å². The van der Waals surface area contributed by atoms with Crippen molar-refractivity contribution < 1.29 is 9.60 Å². The van der Waals surface area contributed by atoms with Gasteiger partial charge in [-0.25, -0.2) is 9.45 Å². The number of anilines is 2. The summed E-state index contributed by atoms with van der Waals surface area (Å²) in [5.74, 6) is -0.737. The molecule has 2 aromatic rings. The number of nitrogens with zero attached hydrogens (tertiary/aromatic N) is 3. The summed E-state index contributed by atoms with van der Waals surface area (Å²) in [6.45, 7) is 0. The van der Waals surface area contributed by atoms with Gasteiger partial charge in [0, 0.05) is 0 Å². The summed E-state index contributed by atoms with van der Waals surface area (Å²) in [4.78, 5) is 0. The maximum absolute atomic E-state index is 13.1. The molecule has 94 valence electrons. The standard InChI is InChI=1S/C9H7BrFN5OS/c10-5-3-4(1-2-6(5)11)16(17)9(13)7-8(12)15-18-14-7/h1-3,13,17H,(H2,12,15). The molecule has 0 fully saturated rings. The second-order valence-electron chi connectivity index (χ2n) is 3.26. The van der Waals surface area contributed by atoms with Gasteiger partial charge in [0.1, 0.15) is 5.82 Å². The molecular formula is C9H7BrFN5OS. The first-order valence-corrected chi connectivity index (χ1v) is 6.14. The van der Waals surface area contributed by atoms with Gasteiger partial charge in [-0.3, -0.25) is 10.6 Å². The van der Waals surface area contributed by atoms with Crippen LogP contribution in [-0.4, -0.2) is 19.8 Å². The lowest BCUT2D eigenvalue weighted by Crippen LogP contribution is -2.28. The quantitative estimate of drug-likeness (QED) is 0.445. The molecule has 0 amide bonds. The van der Waals surface area contributed by atoms with Crippen LogP contribution >= 0.6 is 27.7 Å². The van der Waals surface area contributed by atoms with Crippen LogP contribution in [0, 0.1) is 11.2 Å². The minimum atomic E-state index is -0.464. The van der Waals surface area contributed by atoms with E-state index in [-0.39, 0.29) is 27.5 Å². The second-order valence-corrected chi connectivity index (χ2v) is 4.64. The molecular weight excluding hydrogens is 325 g/mol. The van der Waals surface area contributed by atoms with Crippen molar-refractivity contribution in [2.75, 3.05) is 10.8 Å². The molecule has 0 radical (unpaired) electrons. The molecule has 4 N–H and O–H groups in total. The molecule has 0 saturated heterocycles. The molecule has 0 saturated carbocycles. The molecule has 0 aliphatic heterocycles. The number of nitrogens with one attached hydrogen (secondary N) is 1. The molecule has 0 bridgehead atoms. The van der Waals surface area contributed by atoms with E-state index >= 15 is 0 Å². The number of benzene rings is 1. The van der Waals surface area contributed by atoms with Crippen LogP contribution in [0.5, 0.6) is 0 Å². The Morgan fingerprint density at radius 2 is 2.22 bits per heavy atom. The summed E-state index contributed by atoms with van der Waals surface area (Å²) in [6.07, 6.45) is 0. The van der Waals surface area contributed by atoms with Crippen molar-refractivity contribution >= 4 is 45.0 Å². The summed E-state index contributed by atoms with van der Waals surface area (Å²) in [5, 5.41) is 18.1. The normalized spacial score (nSPS) is 10.4. The molecule has 9 heteroatoms. The van der Waals surface area contributed by atoms with E-state index in [1.807, 2.05) is 0 Å². The number of nitrogen functional groups attached to an aromatic ring is 1. The fourth-order valence-electron chi connectivity index (χ4n) is 1.21. The van der Waals surface area contributed by atoms with Gasteiger partial charge in [0.05, 0.1) is 21.9 Å². The fraction of sp³-hybridized carbons (Fsp3) is 0. The van der Waals surface area contributed by atoms with Gasteiger partial charge in [0.2, 0.25) is 0 Å². The molecule has 0 unspecified atom stereocenters. The number of hydroxylamine groups is 1. The van der Waals surface area contributed by atoms with Gasteiger partial charge < -0.3 is 5.73 Å². The average molecular weight is 332 g/mol. The van der Waals surface area contributed by atoms with Crippen molar-refractivity contribution in [3.8, 4) is 0 Å². The molecule has 1 heterocycles. The molecule has 2 rings (SSSR count). The molecule has 0 spiro atoms. The van der Waals surface area contributed by atoms with Crippen LogP contribution in [-0.2, 0) is 0 Å². The van der Waals surface area contributed by atoms with Crippen molar-refractivity contribution in [3.05, 3.63) is 34.2 Å². The van der Waals surface area contributed by atoms with Crippen molar-refractivity contribution in [1.29, 1.82) is 5.41 Å². The Hall–Kier alpha value is -1.58. The summed E-state index contributed by atoms with van der Waals surface area (Å²) >= 11 is 3.83. The van der Waals surface area contributed by atoms with Crippen LogP contribution in [0.15, 0.2) is 22.7 Å². The maximum atomic E-state index is 13.1. The van der Waals surface area contributed by atoms with E-state index in [2.05, 4.69) is 24.7 Å². The van der Waals surface area contributed by atoms with Crippen LogP contribution in [0.4, 0.5) is 15.9 Å². The first-order chi connectivity index (χ1) is 8.50. The van der Waals surface area contributed by atoms with Crippen LogP contribution in [0.2, 0.25) is 0 Å². The molecule has 18 heavy (non-hydrogen) atoms. The minimum Gasteiger partial charge on any atom is -0.381 e. The third-order valence-corrected chi connectivity index (χ3v) is 3.25. The van der Waals surface area contributed by atoms with E-state index in [0.29, 0.717) is 5.06 Å². The van der Waals surface area contributed by atoms with Crippen molar-refractivity contribution in [2.45, 2.75) is 0 Å². The highest BCUT2D eigenvalue weighted by Crippen LogP contribution is 2.23. The fourth-order valence-corrected chi connectivity index (χ4v) is 2.05. The van der Waals surface area contributed by atoms with E-state index < -0.39 is 5.82 Å². The SMILES string of the molecule is N=C(c1nsnc1N)N(O)c1ccc(F)c(Br)c1. The lowest BCUT2D eigenvalue weighted by molar-refractivity contribution is 0.311. The van der Waals surface area contributed by atoms with Crippen LogP contribution in [0.25, 0.3) is 0 Å². The van der Waals surface area contributed by atoms with Crippen molar-refractivity contribution in [2.24, 2.45) is 0 Å². The van der Waals surface area contributed by atoms with E-state index in [4.69, 9.17) is 11.1 Å². The third kappa shape index (κ3) is 2.33. The number of hydrogen-bond acceptors (Lipinski definition) is 6. The van der Waals surface area contributed by atoms with Crippen molar-refractivity contribution in [3.63, 3.8) is 0 Å². The Morgan fingerprint density at radius 1 is 1.50 bits per heavy atom. The van der Waals surface area contributed by atoms with Gasteiger partial charge in [-0.15, -0.1) is 0 Å². The van der Waals surface area contributed by atoms with E-state index in [1.165, 1.54) is 18.2 Å². The Morgan fingerprint density at radius 3 is 2.78 bits per heavy atom. The zero-order valence-corrected chi connectivity index (χ0v) is 11.2. The molecule has 1 aromatic carbocycles. The summed E-state index contributed by atoms with van der Waals surface area (Å²) in [5.41, 5.74) is 5.78. The van der Waals surface area contributed by atoms with Crippen LogP contribution in [0.1, 0.15) is 5.69 Å². The Bertz CT molecular complexity index is 604. The number of amidine groups is 1. The van der Waals surface area contributed by atoms with Crippen molar-refractivity contribution in [1.82, 2.24) is 8.75 Å².